The van der Waals surface area contributed by atoms with Gasteiger partial charge >= 0.3 is 0 Å². The lowest BCUT2D eigenvalue weighted by molar-refractivity contribution is 0.318. The van der Waals surface area contributed by atoms with Gasteiger partial charge in [-0.05, 0) is 29.8 Å². The highest BCUT2D eigenvalue weighted by Crippen LogP contribution is 2.26. The summed E-state index contributed by atoms with van der Waals surface area (Å²) < 4.78 is 1.93. The third-order valence-electron chi connectivity index (χ3n) is 3.12. The number of oxime groups is 1. The van der Waals surface area contributed by atoms with Gasteiger partial charge in [-0.1, -0.05) is 55.2 Å². The van der Waals surface area contributed by atoms with Crippen LogP contribution < -0.4 is 10.6 Å². The van der Waals surface area contributed by atoms with E-state index in [2.05, 4.69) is 48.0 Å². The van der Waals surface area contributed by atoms with Crippen LogP contribution in [0.4, 0.5) is 5.69 Å². The quantitative estimate of drug-likeness (QED) is 0.346. The van der Waals surface area contributed by atoms with Crippen molar-refractivity contribution in [2.24, 2.45) is 10.9 Å². The minimum Gasteiger partial charge on any atom is -0.409 e. The number of halogens is 2. The molecular formula is C15H15Br2N3O. The summed E-state index contributed by atoms with van der Waals surface area (Å²) in [5, 5.41) is 12.0. The summed E-state index contributed by atoms with van der Waals surface area (Å²) in [4.78, 5) is 2.06. The molecule has 0 saturated carbocycles. The van der Waals surface area contributed by atoms with Gasteiger partial charge in [-0.3, -0.25) is 0 Å². The fraction of sp³-hybridized carbons (Fsp3) is 0.133. The molecule has 0 aliphatic heterocycles. The normalized spacial score (nSPS) is 11.5. The van der Waals surface area contributed by atoms with Crippen molar-refractivity contribution < 1.29 is 5.21 Å². The van der Waals surface area contributed by atoms with Crippen LogP contribution in [0.25, 0.3) is 0 Å². The molecule has 0 saturated heterocycles. The molecule has 0 atom stereocenters. The highest BCUT2D eigenvalue weighted by Gasteiger charge is 2.13. The second kappa shape index (κ2) is 6.95. The third-order valence-corrected chi connectivity index (χ3v) is 4.39. The summed E-state index contributed by atoms with van der Waals surface area (Å²) in [7, 11) is 1.97. The molecule has 2 rings (SSSR count). The first-order valence-corrected chi connectivity index (χ1v) is 7.83. The maximum absolute atomic E-state index is 8.94. The number of nitrogens with two attached hydrogens (primary N) is 1. The van der Waals surface area contributed by atoms with Gasteiger partial charge < -0.3 is 15.8 Å². The molecule has 0 aliphatic rings. The van der Waals surface area contributed by atoms with Gasteiger partial charge in [0.05, 0.1) is 0 Å². The topological polar surface area (TPSA) is 61.8 Å². The van der Waals surface area contributed by atoms with Crippen LogP contribution in [-0.2, 0) is 6.54 Å². The molecule has 0 fully saturated rings. The molecule has 0 bridgehead atoms. The van der Waals surface area contributed by atoms with Crippen LogP contribution in [0.15, 0.2) is 56.6 Å². The Labute approximate surface area is 140 Å². The molecule has 110 valence electrons. The minimum absolute atomic E-state index is 0.0882. The zero-order valence-corrected chi connectivity index (χ0v) is 14.6. The van der Waals surface area contributed by atoms with Gasteiger partial charge in [0.15, 0.2) is 5.84 Å². The molecule has 0 heterocycles. The van der Waals surface area contributed by atoms with E-state index in [-0.39, 0.29) is 5.84 Å². The summed E-state index contributed by atoms with van der Waals surface area (Å²) >= 11 is 6.95. The van der Waals surface area contributed by atoms with E-state index in [0.717, 1.165) is 20.2 Å². The number of hydrogen-bond donors (Lipinski definition) is 2. The smallest absolute Gasteiger partial charge is 0.172 e. The Bertz CT molecular complexity index is 674. The number of hydrogen-bond acceptors (Lipinski definition) is 3. The van der Waals surface area contributed by atoms with Crippen molar-refractivity contribution in [1.29, 1.82) is 0 Å². The highest BCUT2D eigenvalue weighted by molar-refractivity contribution is 9.10. The van der Waals surface area contributed by atoms with Gasteiger partial charge in [0.2, 0.25) is 0 Å². The van der Waals surface area contributed by atoms with Gasteiger partial charge in [-0.15, -0.1) is 0 Å². The Morgan fingerprint density at radius 2 is 1.95 bits per heavy atom. The summed E-state index contributed by atoms with van der Waals surface area (Å²) in [6.07, 6.45) is 0. The molecule has 21 heavy (non-hydrogen) atoms. The van der Waals surface area contributed by atoms with Crippen LogP contribution in [0, 0.1) is 0 Å². The number of nitrogens with zero attached hydrogens (tertiary/aromatic N) is 2. The number of anilines is 1. The number of rotatable bonds is 4. The molecule has 6 heteroatoms. The molecule has 0 spiro atoms. The van der Waals surface area contributed by atoms with E-state index < -0.39 is 0 Å². The van der Waals surface area contributed by atoms with Gasteiger partial charge in [0.25, 0.3) is 0 Å². The molecule has 4 nitrogen and oxygen atoms in total. The summed E-state index contributed by atoms with van der Waals surface area (Å²) in [5.41, 5.74) is 8.50. The predicted octanol–water partition coefficient (Wildman–Crippen LogP) is 3.94. The molecule has 3 N–H and O–H groups in total. The first kappa shape index (κ1) is 15.9. The zero-order chi connectivity index (χ0) is 15.4. The van der Waals surface area contributed by atoms with Gasteiger partial charge in [0, 0.05) is 33.8 Å². The van der Waals surface area contributed by atoms with Crippen LogP contribution in [0.5, 0.6) is 0 Å². The SMILES string of the molecule is CN(Cc1ccccc1Br)c1ccc(Br)cc1/C(N)=N/O. The molecule has 0 amide bonds. The van der Waals surface area contributed by atoms with Gasteiger partial charge in [-0.2, -0.15) is 0 Å². The molecule has 2 aromatic carbocycles. The van der Waals surface area contributed by atoms with Crippen LogP contribution in [0.1, 0.15) is 11.1 Å². The van der Waals surface area contributed by atoms with Crippen molar-refractivity contribution in [3.63, 3.8) is 0 Å². The Morgan fingerprint density at radius 1 is 1.24 bits per heavy atom. The highest BCUT2D eigenvalue weighted by atomic mass is 79.9. The number of benzene rings is 2. The minimum atomic E-state index is 0.0882. The maximum atomic E-state index is 8.94. The lowest BCUT2D eigenvalue weighted by atomic mass is 10.1. The number of amidine groups is 1. The zero-order valence-electron chi connectivity index (χ0n) is 11.4. The van der Waals surface area contributed by atoms with E-state index in [4.69, 9.17) is 10.9 Å². The van der Waals surface area contributed by atoms with Crippen molar-refractivity contribution in [2.75, 3.05) is 11.9 Å². The lowest BCUT2D eigenvalue weighted by Crippen LogP contribution is -2.22. The molecule has 0 aromatic heterocycles. The monoisotopic (exact) mass is 411 g/mol. The molecule has 0 radical (unpaired) electrons. The standard InChI is InChI=1S/C15H15Br2N3O/c1-20(9-10-4-2-3-5-13(10)17)14-7-6-11(16)8-12(14)15(18)19-21/h2-8,21H,9H2,1H3,(H2,18,19). The van der Waals surface area contributed by atoms with Crippen molar-refractivity contribution in [3.8, 4) is 0 Å². The molecular weight excluding hydrogens is 398 g/mol. The van der Waals surface area contributed by atoms with Crippen LogP contribution in [0.2, 0.25) is 0 Å². The van der Waals surface area contributed by atoms with Crippen molar-refractivity contribution in [1.82, 2.24) is 0 Å². The predicted molar refractivity (Wildman–Crippen MR) is 92.9 cm³/mol. The van der Waals surface area contributed by atoms with E-state index in [1.165, 1.54) is 0 Å². The van der Waals surface area contributed by atoms with Crippen LogP contribution in [0.3, 0.4) is 0 Å². The van der Waals surface area contributed by atoms with Crippen molar-refractivity contribution in [2.45, 2.75) is 6.54 Å². The first-order valence-electron chi connectivity index (χ1n) is 6.25. The van der Waals surface area contributed by atoms with Crippen molar-refractivity contribution in [3.05, 3.63) is 62.5 Å². The van der Waals surface area contributed by atoms with Crippen LogP contribution in [-0.4, -0.2) is 18.1 Å². The summed E-state index contributed by atoms with van der Waals surface area (Å²) in [6, 6.07) is 13.8. The van der Waals surface area contributed by atoms with Gasteiger partial charge in [-0.25, -0.2) is 0 Å². The lowest BCUT2D eigenvalue weighted by Gasteiger charge is -2.23. The largest absolute Gasteiger partial charge is 0.409 e. The molecule has 0 aliphatic carbocycles. The van der Waals surface area contributed by atoms with Gasteiger partial charge in [0.1, 0.15) is 0 Å². The third kappa shape index (κ3) is 3.77. The summed E-state index contributed by atoms with van der Waals surface area (Å²) in [6.45, 7) is 0.703. The summed E-state index contributed by atoms with van der Waals surface area (Å²) in [5.74, 6) is 0.0882. The molecule has 0 unspecified atom stereocenters. The van der Waals surface area contributed by atoms with E-state index in [9.17, 15) is 0 Å². The second-order valence-electron chi connectivity index (χ2n) is 4.59. The van der Waals surface area contributed by atoms with E-state index in [1.807, 2.05) is 43.4 Å². The Hall–Kier alpha value is -1.53. The van der Waals surface area contributed by atoms with E-state index >= 15 is 0 Å². The first-order chi connectivity index (χ1) is 10.0. The van der Waals surface area contributed by atoms with E-state index in [0.29, 0.717) is 12.1 Å². The average molecular weight is 413 g/mol. The van der Waals surface area contributed by atoms with Crippen LogP contribution >= 0.6 is 31.9 Å². The van der Waals surface area contributed by atoms with Crippen molar-refractivity contribution >= 4 is 43.4 Å². The maximum Gasteiger partial charge on any atom is 0.172 e. The Kier molecular flexibility index (Phi) is 5.25. The fourth-order valence-electron chi connectivity index (χ4n) is 2.07. The second-order valence-corrected chi connectivity index (χ2v) is 6.36. The Balaban J connectivity index is 2.35. The molecule has 2 aromatic rings. The van der Waals surface area contributed by atoms with E-state index in [1.54, 1.807) is 0 Å². The fourth-order valence-corrected chi connectivity index (χ4v) is 2.84. The average Bonchev–Trinajstić information content (AvgIpc) is 2.48. The Morgan fingerprint density at radius 3 is 2.62 bits per heavy atom.